The van der Waals surface area contributed by atoms with Crippen molar-refractivity contribution in [2.75, 3.05) is 0 Å². The molecule has 1 saturated carbocycles. The number of benzene rings is 1. The van der Waals surface area contributed by atoms with Crippen LogP contribution in [0.3, 0.4) is 0 Å². The molecular weight excluding hydrogens is 280 g/mol. The molecule has 1 heterocycles. The van der Waals surface area contributed by atoms with E-state index < -0.39 is 17.9 Å². The first-order valence-corrected chi connectivity index (χ1v) is 6.75. The second kappa shape index (κ2) is 4.83. The molecule has 1 aromatic carbocycles. The van der Waals surface area contributed by atoms with Gasteiger partial charge in [-0.2, -0.15) is 0 Å². The first-order chi connectivity index (χ1) is 9.58. The molecule has 1 aromatic heterocycles. The zero-order valence-corrected chi connectivity index (χ0v) is 11.3. The second-order valence-electron chi connectivity index (χ2n) is 4.99. The van der Waals surface area contributed by atoms with Crippen LogP contribution in [0.15, 0.2) is 24.3 Å². The van der Waals surface area contributed by atoms with E-state index in [1.165, 1.54) is 0 Å². The molecule has 3 N–H and O–H groups in total. The average Bonchev–Trinajstić information content (AvgIpc) is 3.20. The van der Waals surface area contributed by atoms with E-state index in [1.54, 1.807) is 6.07 Å². The summed E-state index contributed by atoms with van der Waals surface area (Å²) < 4.78 is 0. The molecule has 6 heteroatoms. The molecule has 0 spiro atoms. The summed E-state index contributed by atoms with van der Waals surface area (Å²) in [5, 5.41) is 12.7. The van der Waals surface area contributed by atoms with Crippen molar-refractivity contribution in [3.05, 3.63) is 35.0 Å². The largest absolute Gasteiger partial charge is 0.480 e. The maximum atomic E-state index is 12.2. The van der Waals surface area contributed by atoms with Crippen LogP contribution in [-0.4, -0.2) is 28.0 Å². The number of carbonyl (C=O) groups excluding carboxylic acids is 1. The standard InChI is InChI=1S/C14H13ClN2O3/c15-10-8-3-1-2-4-9(8)16-12(10)13(18)17-11(14(19)20)7-5-6-7/h1-4,7,11,16H,5-6H2,(H,17,18)(H,19,20). The Bertz CT molecular complexity index is 691. The summed E-state index contributed by atoms with van der Waals surface area (Å²) in [4.78, 5) is 26.3. The van der Waals surface area contributed by atoms with Crippen LogP contribution in [0.2, 0.25) is 5.02 Å². The van der Waals surface area contributed by atoms with Gasteiger partial charge in [0.05, 0.1) is 5.02 Å². The van der Waals surface area contributed by atoms with Gasteiger partial charge in [0, 0.05) is 10.9 Å². The van der Waals surface area contributed by atoms with E-state index in [9.17, 15) is 9.59 Å². The number of para-hydroxylation sites is 1. The molecule has 1 fully saturated rings. The molecule has 0 saturated heterocycles. The number of hydrogen-bond acceptors (Lipinski definition) is 2. The first kappa shape index (κ1) is 13.0. The van der Waals surface area contributed by atoms with E-state index >= 15 is 0 Å². The minimum Gasteiger partial charge on any atom is -0.480 e. The normalized spacial score (nSPS) is 16.1. The van der Waals surface area contributed by atoms with Gasteiger partial charge in [-0.3, -0.25) is 4.79 Å². The van der Waals surface area contributed by atoms with Crippen LogP contribution in [0, 0.1) is 5.92 Å². The van der Waals surface area contributed by atoms with Gasteiger partial charge >= 0.3 is 5.97 Å². The van der Waals surface area contributed by atoms with Gasteiger partial charge in [0.15, 0.2) is 0 Å². The molecule has 2 aromatic rings. The Morgan fingerprint density at radius 2 is 2.05 bits per heavy atom. The smallest absolute Gasteiger partial charge is 0.326 e. The fourth-order valence-electron chi connectivity index (χ4n) is 2.29. The molecule has 20 heavy (non-hydrogen) atoms. The third-order valence-corrected chi connectivity index (χ3v) is 3.91. The predicted molar refractivity (Wildman–Crippen MR) is 74.9 cm³/mol. The lowest BCUT2D eigenvalue weighted by Gasteiger charge is -2.12. The lowest BCUT2D eigenvalue weighted by Crippen LogP contribution is -2.42. The Labute approximate surface area is 119 Å². The molecule has 1 amide bonds. The number of fused-ring (bicyclic) bond motifs is 1. The van der Waals surface area contributed by atoms with Crippen LogP contribution in [0.5, 0.6) is 0 Å². The van der Waals surface area contributed by atoms with Crippen LogP contribution in [-0.2, 0) is 4.79 Å². The van der Waals surface area contributed by atoms with Crippen LogP contribution >= 0.6 is 11.6 Å². The fraction of sp³-hybridized carbons (Fsp3) is 0.286. The van der Waals surface area contributed by atoms with Crippen molar-refractivity contribution in [1.29, 1.82) is 0 Å². The summed E-state index contributed by atoms with van der Waals surface area (Å²) in [5.41, 5.74) is 0.959. The zero-order chi connectivity index (χ0) is 14.3. The molecule has 1 atom stereocenters. The summed E-state index contributed by atoms with van der Waals surface area (Å²) in [5.74, 6) is -1.46. The number of aromatic nitrogens is 1. The van der Waals surface area contributed by atoms with Gasteiger partial charge in [0.1, 0.15) is 11.7 Å². The van der Waals surface area contributed by atoms with E-state index in [0.29, 0.717) is 5.02 Å². The van der Waals surface area contributed by atoms with E-state index in [2.05, 4.69) is 10.3 Å². The number of carbonyl (C=O) groups is 2. The predicted octanol–water partition coefficient (Wildman–Crippen LogP) is 2.41. The first-order valence-electron chi connectivity index (χ1n) is 6.38. The molecule has 5 nitrogen and oxygen atoms in total. The lowest BCUT2D eigenvalue weighted by atomic mass is 10.2. The zero-order valence-electron chi connectivity index (χ0n) is 10.5. The summed E-state index contributed by atoms with van der Waals surface area (Å²) in [6.07, 6.45) is 1.66. The molecule has 0 bridgehead atoms. The number of hydrogen-bond donors (Lipinski definition) is 3. The molecule has 104 valence electrons. The van der Waals surface area contributed by atoms with Crippen LogP contribution < -0.4 is 5.32 Å². The summed E-state index contributed by atoms with van der Waals surface area (Å²) in [6.45, 7) is 0. The Kier molecular flexibility index (Phi) is 3.14. The Hall–Kier alpha value is -2.01. The number of aromatic amines is 1. The van der Waals surface area contributed by atoms with Crippen molar-refractivity contribution in [3.63, 3.8) is 0 Å². The molecule has 1 unspecified atom stereocenters. The SMILES string of the molecule is O=C(NC(C(=O)O)C1CC1)c1[nH]c2ccccc2c1Cl. The van der Waals surface area contributed by atoms with Gasteiger partial charge < -0.3 is 15.4 Å². The number of nitrogens with one attached hydrogen (secondary N) is 2. The van der Waals surface area contributed by atoms with Gasteiger partial charge in [0.25, 0.3) is 5.91 Å². The van der Waals surface area contributed by atoms with E-state index in [4.69, 9.17) is 16.7 Å². The summed E-state index contributed by atoms with van der Waals surface area (Å²) in [7, 11) is 0. The van der Waals surface area contributed by atoms with Gasteiger partial charge in [-0.1, -0.05) is 29.8 Å². The van der Waals surface area contributed by atoms with E-state index in [0.717, 1.165) is 23.7 Å². The molecule has 1 aliphatic carbocycles. The topological polar surface area (TPSA) is 82.2 Å². The highest BCUT2D eigenvalue weighted by molar-refractivity contribution is 6.38. The highest BCUT2D eigenvalue weighted by Gasteiger charge is 2.37. The minimum absolute atomic E-state index is 0.0274. The second-order valence-corrected chi connectivity index (χ2v) is 5.36. The Morgan fingerprint density at radius 1 is 1.35 bits per heavy atom. The maximum absolute atomic E-state index is 12.2. The van der Waals surface area contributed by atoms with Crippen LogP contribution in [0.4, 0.5) is 0 Å². The Morgan fingerprint density at radius 3 is 2.65 bits per heavy atom. The fourth-order valence-corrected chi connectivity index (χ4v) is 2.59. The van der Waals surface area contributed by atoms with Crippen molar-refractivity contribution in [2.24, 2.45) is 5.92 Å². The van der Waals surface area contributed by atoms with Gasteiger partial charge in [-0.15, -0.1) is 0 Å². The minimum atomic E-state index is -1.01. The van der Waals surface area contributed by atoms with Crippen molar-refractivity contribution in [3.8, 4) is 0 Å². The van der Waals surface area contributed by atoms with Gasteiger partial charge in [-0.25, -0.2) is 4.79 Å². The molecule has 0 radical (unpaired) electrons. The third-order valence-electron chi connectivity index (χ3n) is 3.52. The van der Waals surface area contributed by atoms with Gasteiger partial charge in [0.2, 0.25) is 0 Å². The van der Waals surface area contributed by atoms with Gasteiger partial charge in [-0.05, 0) is 24.8 Å². The molecule has 1 aliphatic rings. The number of carboxylic acids is 1. The number of H-pyrrole nitrogens is 1. The quantitative estimate of drug-likeness (QED) is 0.809. The van der Waals surface area contributed by atoms with Crippen molar-refractivity contribution >= 4 is 34.4 Å². The lowest BCUT2D eigenvalue weighted by molar-refractivity contribution is -0.139. The number of halogens is 1. The third kappa shape index (κ3) is 2.25. The Balaban J connectivity index is 1.88. The summed E-state index contributed by atoms with van der Waals surface area (Å²) in [6, 6.07) is 6.44. The molecule has 3 rings (SSSR count). The van der Waals surface area contributed by atoms with Crippen molar-refractivity contribution in [1.82, 2.24) is 10.3 Å². The highest BCUT2D eigenvalue weighted by atomic mass is 35.5. The molecular formula is C14H13ClN2O3. The van der Waals surface area contributed by atoms with Crippen LogP contribution in [0.25, 0.3) is 10.9 Å². The van der Waals surface area contributed by atoms with E-state index in [1.807, 2.05) is 18.2 Å². The number of amides is 1. The van der Waals surface area contributed by atoms with Crippen molar-refractivity contribution < 1.29 is 14.7 Å². The number of carboxylic acid groups (broad SMARTS) is 1. The molecule has 0 aliphatic heterocycles. The van der Waals surface area contributed by atoms with E-state index in [-0.39, 0.29) is 11.6 Å². The highest BCUT2D eigenvalue weighted by Crippen LogP contribution is 2.33. The van der Waals surface area contributed by atoms with Crippen LogP contribution in [0.1, 0.15) is 23.3 Å². The number of aliphatic carboxylic acids is 1. The number of rotatable bonds is 4. The average molecular weight is 293 g/mol. The van der Waals surface area contributed by atoms with Crippen molar-refractivity contribution in [2.45, 2.75) is 18.9 Å². The summed E-state index contributed by atoms with van der Waals surface area (Å²) >= 11 is 6.17. The monoisotopic (exact) mass is 292 g/mol. The maximum Gasteiger partial charge on any atom is 0.326 e.